The zero-order valence-corrected chi connectivity index (χ0v) is 23.7. The van der Waals surface area contributed by atoms with Gasteiger partial charge in [-0.25, -0.2) is 4.79 Å². The summed E-state index contributed by atoms with van der Waals surface area (Å²) in [5.74, 6) is -1.23. The van der Waals surface area contributed by atoms with Gasteiger partial charge in [0.25, 0.3) is 0 Å². The van der Waals surface area contributed by atoms with Crippen LogP contribution in [0.5, 0.6) is 11.5 Å². The molecule has 9 heteroatoms. The summed E-state index contributed by atoms with van der Waals surface area (Å²) in [6, 6.07) is 0. The number of fused-ring (bicyclic) bond motifs is 1. The van der Waals surface area contributed by atoms with Crippen molar-refractivity contribution in [3.8, 4) is 11.5 Å². The first-order chi connectivity index (χ1) is 18.7. The lowest BCUT2D eigenvalue weighted by molar-refractivity contribution is -0.140. The topological polar surface area (TPSA) is 125 Å². The molecule has 39 heavy (non-hydrogen) atoms. The predicted molar refractivity (Wildman–Crippen MR) is 145 cm³/mol. The van der Waals surface area contributed by atoms with Gasteiger partial charge in [-0.3, -0.25) is 14.4 Å². The molecular weight excluding hydrogens is 504 g/mol. The van der Waals surface area contributed by atoms with E-state index in [0.717, 1.165) is 49.7 Å². The normalized spacial score (nSPS) is 12.6. The van der Waals surface area contributed by atoms with Crippen LogP contribution in [0, 0.1) is 6.92 Å². The van der Waals surface area contributed by atoms with Crippen LogP contribution < -0.4 is 9.47 Å². The Bertz CT molecular complexity index is 1060. The Balaban J connectivity index is 2.03. The minimum atomic E-state index is -0.748. The summed E-state index contributed by atoms with van der Waals surface area (Å²) in [4.78, 5) is 47.5. The fourth-order valence-electron chi connectivity index (χ4n) is 4.67. The average molecular weight is 547 g/mol. The van der Waals surface area contributed by atoms with E-state index in [4.69, 9.17) is 24.1 Å². The van der Waals surface area contributed by atoms with Gasteiger partial charge in [-0.2, -0.15) is 0 Å². The number of carboxylic acid groups (broad SMARTS) is 1. The smallest absolute Gasteiger partial charge is 0.342 e. The van der Waals surface area contributed by atoms with Crippen molar-refractivity contribution in [1.29, 1.82) is 0 Å². The highest BCUT2D eigenvalue weighted by Crippen LogP contribution is 2.43. The lowest BCUT2D eigenvalue weighted by Gasteiger charge is -2.19. The van der Waals surface area contributed by atoms with E-state index in [1.807, 2.05) is 19.9 Å². The molecule has 1 heterocycles. The Morgan fingerprint density at radius 3 is 2.08 bits per heavy atom. The Morgan fingerprint density at radius 2 is 1.49 bits per heavy atom. The number of hydrogen-bond donors (Lipinski definition) is 1. The molecule has 1 aromatic carbocycles. The largest absolute Gasteiger partial charge is 0.496 e. The van der Waals surface area contributed by atoms with E-state index in [0.29, 0.717) is 42.6 Å². The molecule has 0 atom stereocenters. The van der Waals surface area contributed by atoms with Crippen LogP contribution in [0.2, 0.25) is 0 Å². The van der Waals surface area contributed by atoms with Gasteiger partial charge in [0.2, 0.25) is 0 Å². The summed E-state index contributed by atoms with van der Waals surface area (Å²) >= 11 is 0. The second-order valence-electron chi connectivity index (χ2n) is 9.92. The van der Waals surface area contributed by atoms with Gasteiger partial charge < -0.3 is 24.1 Å². The molecule has 0 saturated carbocycles. The first-order valence-electron chi connectivity index (χ1n) is 13.7. The standard InChI is InChI=1S/C30H42O9/c1-20(16-18-25(33)36-3)15-17-22-28(37-4)21(2)23-19-38-30(35)27(23)29(22)39-26(34)14-12-10-8-6-5-7-9-11-13-24(31)32/h15H,5-14,16-19H2,1-4H3,(H,31,32). The molecule has 1 N–H and O–H groups in total. The second-order valence-corrected chi connectivity index (χ2v) is 9.92. The Morgan fingerprint density at radius 1 is 0.872 bits per heavy atom. The predicted octanol–water partition coefficient (Wildman–Crippen LogP) is 6.01. The molecule has 216 valence electrons. The van der Waals surface area contributed by atoms with E-state index < -0.39 is 17.9 Å². The van der Waals surface area contributed by atoms with Gasteiger partial charge in [0.15, 0.2) is 5.75 Å². The molecule has 0 spiro atoms. The van der Waals surface area contributed by atoms with Crippen LogP contribution in [0.25, 0.3) is 0 Å². The molecule has 1 aromatic rings. The molecule has 0 fully saturated rings. The van der Waals surface area contributed by atoms with Gasteiger partial charge in [-0.05, 0) is 45.1 Å². The van der Waals surface area contributed by atoms with Crippen molar-refractivity contribution in [3.05, 3.63) is 33.9 Å². The lowest BCUT2D eigenvalue weighted by Crippen LogP contribution is -2.14. The molecule has 1 aliphatic rings. The third-order valence-electron chi connectivity index (χ3n) is 6.97. The molecule has 0 radical (unpaired) electrons. The molecule has 0 aromatic heterocycles. The highest BCUT2D eigenvalue weighted by Gasteiger charge is 2.34. The van der Waals surface area contributed by atoms with E-state index in [1.54, 1.807) is 7.11 Å². The number of allylic oxidation sites excluding steroid dienone is 2. The van der Waals surface area contributed by atoms with Gasteiger partial charge in [0, 0.05) is 30.4 Å². The van der Waals surface area contributed by atoms with Crippen LogP contribution in [0.3, 0.4) is 0 Å². The number of cyclic esters (lactones) is 1. The third kappa shape index (κ3) is 10.0. The molecule has 9 nitrogen and oxygen atoms in total. The van der Waals surface area contributed by atoms with Gasteiger partial charge >= 0.3 is 23.9 Å². The van der Waals surface area contributed by atoms with Crippen LogP contribution in [0.1, 0.15) is 111 Å². The summed E-state index contributed by atoms with van der Waals surface area (Å²) in [5, 5.41) is 8.67. The van der Waals surface area contributed by atoms with Crippen molar-refractivity contribution >= 4 is 23.9 Å². The highest BCUT2D eigenvalue weighted by atomic mass is 16.6. The molecular formula is C30H42O9. The monoisotopic (exact) mass is 546 g/mol. The van der Waals surface area contributed by atoms with E-state index in [-0.39, 0.29) is 43.2 Å². The maximum Gasteiger partial charge on any atom is 0.342 e. The molecule has 0 amide bonds. The van der Waals surface area contributed by atoms with Gasteiger partial charge in [0.1, 0.15) is 17.9 Å². The first kappa shape index (κ1) is 31.9. The molecule has 1 aliphatic heterocycles. The summed E-state index contributed by atoms with van der Waals surface area (Å²) < 4.78 is 21.5. The first-order valence-corrected chi connectivity index (χ1v) is 13.7. The van der Waals surface area contributed by atoms with Crippen molar-refractivity contribution in [2.24, 2.45) is 0 Å². The SMILES string of the molecule is COC(=O)CCC(C)=CCc1c(OC)c(C)c2c(c1OC(=O)CCCCCCCCCCC(=O)O)C(=O)OC2. The van der Waals surface area contributed by atoms with E-state index in [9.17, 15) is 19.2 Å². The number of aliphatic carboxylic acids is 1. The van der Waals surface area contributed by atoms with E-state index >= 15 is 0 Å². The van der Waals surface area contributed by atoms with E-state index in [2.05, 4.69) is 0 Å². The maximum absolute atomic E-state index is 12.8. The van der Waals surface area contributed by atoms with E-state index in [1.165, 1.54) is 7.11 Å². The minimum absolute atomic E-state index is 0.103. The number of carbonyl (C=O) groups excluding carboxylic acids is 3. The van der Waals surface area contributed by atoms with Crippen LogP contribution in [0.15, 0.2) is 11.6 Å². The number of hydrogen-bond acceptors (Lipinski definition) is 8. The van der Waals surface area contributed by atoms with Crippen LogP contribution >= 0.6 is 0 Å². The van der Waals surface area contributed by atoms with Crippen molar-refractivity contribution in [2.75, 3.05) is 14.2 Å². The number of carbonyl (C=O) groups is 4. The van der Waals surface area contributed by atoms with Crippen LogP contribution in [-0.4, -0.2) is 43.2 Å². The quantitative estimate of drug-likeness (QED) is 0.102. The Kier molecular flexibility index (Phi) is 13.5. The van der Waals surface area contributed by atoms with Crippen LogP contribution in [-0.2, 0) is 36.9 Å². The second kappa shape index (κ2) is 16.6. The number of methoxy groups -OCH3 is 2. The van der Waals surface area contributed by atoms with Gasteiger partial charge in [-0.15, -0.1) is 0 Å². The zero-order chi connectivity index (χ0) is 28.8. The lowest BCUT2D eigenvalue weighted by atomic mass is 9.94. The van der Waals surface area contributed by atoms with Crippen molar-refractivity contribution < 1.29 is 43.2 Å². The molecule has 2 rings (SSSR count). The molecule has 0 aliphatic carbocycles. The molecule has 0 unspecified atom stereocenters. The Labute approximate surface area is 230 Å². The number of benzene rings is 1. The summed E-state index contributed by atoms with van der Waals surface area (Å²) in [7, 11) is 2.90. The summed E-state index contributed by atoms with van der Waals surface area (Å²) in [5.41, 5.74) is 3.28. The number of unbranched alkanes of at least 4 members (excludes halogenated alkanes) is 7. The number of esters is 3. The third-order valence-corrected chi connectivity index (χ3v) is 6.97. The molecule has 0 saturated heterocycles. The number of rotatable bonds is 18. The summed E-state index contributed by atoms with van der Waals surface area (Å²) in [6.07, 6.45) is 10.8. The minimum Gasteiger partial charge on any atom is -0.496 e. The van der Waals surface area contributed by atoms with Crippen molar-refractivity contribution in [1.82, 2.24) is 0 Å². The molecule has 0 bridgehead atoms. The van der Waals surface area contributed by atoms with Gasteiger partial charge in [-0.1, -0.05) is 50.2 Å². The Hall–Kier alpha value is -3.36. The maximum atomic E-state index is 12.8. The number of carboxylic acids is 1. The fraction of sp³-hybridized carbons (Fsp3) is 0.600. The zero-order valence-electron chi connectivity index (χ0n) is 23.7. The van der Waals surface area contributed by atoms with Crippen LogP contribution in [0.4, 0.5) is 0 Å². The van der Waals surface area contributed by atoms with Crippen molar-refractivity contribution in [3.63, 3.8) is 0 Å². The summed E-state index contributed by atoms with van der Waals surface area (Å²) in [6.45, 7) is 3.87. The van der Waals surface area contributed by atoms with Crippen molar-refractivity contribution in [2.45, 2.75) is 104 Å². The average Bonchev–Trinajstić information content (AvgIpc) is 3.30. The number of ether oxygens (including phenoxy) is 4. The highest BCUT2D eigenvalue weighted by molar-refractivity contribution is 5.99. The fourth-order valence-corrected chi connectivity index (χ4v) is 4.67. The van der Waals surface area contributed by atoms with Gasteiger partial charge in [0.05, 0.1) is 14.2 Å².